The van der Waals surface area contributed by atoms with Crippen molar-refractivity contribution in [1.82, 2.24) is 5.32 Å². The maximum Gasteiger partial charge on any atom is 0.407 e. The predicted molar refractivity (Wildman–Crippen MR) is 101 cm³/mol. The Hall–Kier alpha value is -1.29. The van der Waals surface area contributed by atoms with Crippen molar-refractivity contribution in [1.29, 1.82) is 0 Å². The molecule has 0 saturated carbocycles. The Balaban J connectivity index is 2.02. The summed E-state index contributed by atoms with van der Waals surface area (Å²) < 4.78 is 11.8. The van der Waals surface area contributed by atoms with Crippen LogP contribution in [0.15, 0.2) is 23.8 Å². The van der Waals surface area contributed by atoms with Crippen LogP contribution in [-0.4, -0.2) is 32.0 Å². The van der Waals surface area contributed by atoms with E-state index < -0.39 is 0 Å². The number of nitrogens with one attached hydrogen (secondary N) is 1. The van der Waals surface area contributed by atoms with E-state index in [1.807, 2.05) is 6.92 Å². The van der Waals surface area contributed by atoms with Gasteiger partial charge in [-0.3, -0.25) is 0 Å². The van der Waals surface area contributed by atoms with Crippen molar-refractivity contribution in [3.05, 3.63) is 23.8 Å². The number of amides is 1. The van der Waals surface area contributed by atoms with Crippen LogP contribution in [0.4, 0.5) is 4.79 Å². The van der Waals surface area contributed by atoms with Gasteiger partial charge in [-0.15, -0.1) is 0 Å². The lowest BCUT2D eigenvalue weighted by molar-refractivity contribution is -0.149. The van der Waals surface area contributed by atoms with Crippen LogP contribution in [0.2, 0.25) is 0 Å². The number of ether oxygens (including phenoxy) is 2. The second kappa shape index (κ2) is 8.88. The first kappa shape index (κ1) is 20.0. The standard InChI is InChI=1S/C21H35NO3/c1-6-8-9-11-22-20(23)25-14-21-13-24-18(10-7-2)19(17(21)5)15(3)12-16(21)4/h7,10,12,16-19H,6,8-9,11,13-14H2,1-5H3,(H,22,23)/b10-7+/t16-,17-,18+,19+,21-/m1/s1. The molecule has 4 nitrogen and oxygen atoms in total. The van der Waals surface area contributed by atoms with Crippen LogP contribution in [0.5, 0.6) is 0 Å². The van der Waals surface area contributed by atoms with Gasteiger partial charge in [0.2, 0.25) is 0 Å². The summed E-state index contributed by atoms with van der Waals surface area (Å²) in [5, 5.41) is 2.87. The average Bonchev–Trinajstić information content (AvgIpc) is 2.57. The van der Waals surface area contributed by atoms with Gasteiger partial charge < -0.3 is 14.8 Å². The van der Waals surface area contributed by atoms with Gasteiger partial charge in [0.15, 0.2) is 0 Å². The molecule has 2 bridgehead atoms. The molecule has 1 heterocycles. The Morgan fingerprint density at radius 2 is 2.20 bits per heavy atom. The summed E-state index contributed by atoms with van der Waals surface area (Å²) in [4.78, 5) is 12.1. The fourth-order valence-corrected chi connectivity index (χ4v) is 4.49. The van der Waals surface area contributed by atoms with Gasteiger partial charge in [0, 0.05) is 17.9 Å². The molecular weight excluding hydrogens is 314 g/mol. The van der Waals surface area contributed by atoms with Gasteiger partial charge in [-0.05, 0) is 32.1 Å². The van der Waals surface area contributed by atoms with Gasteiger partial charge in [-0.25, -0.2) is 4.79 Å². The van der Waals surface area contributed by atoms with E-state index in [1.165, 1.54) is 5.57 Å². The van der Waals surface area contributed by atoms with Crippen molar-refractivity contribution in [2.24, 2.45) is 23.2 Å². The monoisotopic (exact) mass is 349 g/mol. The van der Waals surface area contributed by atoms with E-state index in [9.17, 15) is 4.79 Å². The van der Waals surface area contributed by atoms with Crippen LogP contribution in [0.1, 0.15) is 53.9 Å². The number of allylic oxidation sites excluding steroid dienone is 2. The summed E-state index contributed by atoms with van der Waals surface area (Å²) in [5.74, 6) is 1.10. The van der Waals surface area contributed by atoms with Crippen molar-refractivity contribution in [3.8, 4) is 0 Å². The number of carbonyl (C=O) groups excluding carboxylic acids is 1. The Morgan fingerprint density at radius 1 is 1.44 bits per heavy atom. The molecule has 142 valence electrons. The van der Waals surface area contributed by atoms with Crippen LogP contribution >= 0.6 is 0 Å². The Labute approximate surface area is 153 Å². The highest BCUT2D eigenvalue weighted by Crippen LogP contribution is 2.52. The van der Waals surface area contributed by atoms with E-state index in [2.05, 4.69) is 51.2 Å². The average molecular weight is 350 g/mol. The minimum absolute atomic E-state index is 0.125. The zero-order chi connectivity index (χ0) is 18.4. The number of carbonyl (C=O) groups is 1. The van der Waals surface area contributed by atoms with Crippen LogP contribution < -0.4 is 5.32 Å². The van der Waals surface area contributed by atoms with Crippen LogP contribution in [0, 0.1) is 23.2 Å². The van der Waals surface area contributed by atoms with Crippen molar-refractivity contribution >= 4 is 6.09 Å². The second-order valence-electron chi connectivity index (χ2n) is 7.76. The maximum atomic E-state index is 12.1. The zero-order valence-electron chi connectivity index (χ0n) is 16.5. The summed E-state index contributed by atoms with van der Waals surface area (Å²) in [7, 11) is 0. The summed E-state index contributed by atoms with van der Waals surface area (Å²) in [6.07, 6.45) is 9.67. The summed E-state index contributed by atoms with van der Waals surface area (Å²) in [6.45, 7) is 12.6. The number of hydrogen-bond acceptors (Lipinski definition) is 3. The molecule has 1 N–H and O–H groups in total. The molecule has 25 heavy (non-hydrogen) atoms. The Morgan fingerprint density at radius 3 is 2.88 bits per heavy atom. The molecule has 1 fully saturated rings. The molecule has 0 unspecified atom stereocenters. The molecule has 1 amide bonds. The van der Waals surface area contributed by atoms with E-state index in [-0.39, 0.29) is 17.6 Å². The molecule has 4 heteroatoms. The van der Waals surface area contributed by atoms with E-state index in [0.717, 1.165) is 19.3 Å². The molecule has 0 aromatic heterocycles. The minimum atomic E-state index is -0.303. The third kappa shape index (κ3) is 4.28. The number of rotatable bonds is 7. The second-order valence-corrected chi connectivity index (χ2v) is 7.76. The third-order valence-corrected chi connectivity index (χ3v) is 6.19. The SMILES string of the molecule is C/C=C/[C@@H]1OC[C@@]2(COC(=O)NCCCCC)[C@H](C)C=C(C)[C@H]1[C@H]2C. The zero-order valence-corrected chi connectivity index (χ0v) is 16.5. The van der Waals surface area contributed by atoms with E-state index in [0.29, 0.717) is 37.5 Å². The van der Waals surface area contributed by atoms with Gasteiger partial charge in [0.05, 0.1) is 12.7 Å². The van der Waals surface area contributed by atoms with Gasteiger partial charge in [-0.2, -0.15) is 0 Å². The predicted octanol–water partition coefficient (Wildman–Crippen LogP) is 4.71. The lowest BCUT2D eigenvalue weighted by Gasteiger charge is -2.54. The van der Waals surface area contributed by atoms with Crippen molar-refractivity contribution < 1.29 is 14.3 Å². The molecule has 2 aliphatic rings. The highest BCUT2D eigenvalue weighted by atomic mass is 16.6. The molecule has 1 aliphatic carbocycles. The van der Waals surface area contributed by atoms with Crippen molar-refractivity contribution in [2.75, 3.05) is 19.8 Å². The summed E-state index contributed by atoms with van der Waals surface area (Å²) in [6, 6.07) is 0. The molecule has 0 spiro atoms. The highest BCUT2D eigenvalue weighted by molar-refractivity contribution is 5.67. The Kier molecular flexibility index (Phi) is 7.12. The fraction of sp³-hybridized carbons (Fsp3) is 0.762. The molecular formula is C21H35NO3. The first-order valence-corrected chi connectivity index (χ1v) is 9.79. The maximum absolute atomic E-state index is 12.1. The molecule has 1 saturated heterocycles. The third-order valence-electron chi connectivity index (χ3n) is 6.19. The number of unbranched alkanes of at least 4 members (excludes halogenated alkanes) is 2. The van der Waals surface area contributed by atoms with E-state index >= 15 is 0 Å². The molecule has 0 radical (unpaired) electrons. The highest BCUT2D eigenvalue weighted by Gasteiger charge is 2.53. The van der Waals surface area contributed by atoms with E-state index in [1.54, 1.807) is 0 Å². The van der Waals surface area contributed by atoms with E-state index in [4.69, 9.17) is 9.47 Å². The molecule has 0 aromatic rings. The van der Waals surface area contributed by atoms with Gasteiger partial charge >= 0.3 is 6.09 Å². The smallest absolute Gasteiger partial charge is 0.407 e. The molecule has 5 atom stereocenters. The van der Waals surface area contributed by atoms with Gasteiger partial charge in [-0.1, -0.05) is 57.4 Å². The largest absolute Gasteiger partial charge is 0.449 e. The number of fused-ring (bicyclic) bond motifs is 2. The van der Waals surface area contributed by atoms with Crippen LogP contribution in [0.3, 0.4) is 0 Å². The molecule has 0 aromatic carbocycles. The first-order chi connectivity index (χ1) is 12.0. The Bertz CT molecular complexity index is 513. The van der Waals surface area contributed by atoms with Crippen molar-refractivity contribution in [2.45, 2.75) is 60.0 Å². The quantitative estimate of drug-likeness (QED) is 0.535. The summed E-state index contributed by atoms with van der Waals surface area (Å²) >= 11 is 0. The number of hydrogen-bond donors (Lipinski definition) is 1. The first-order valence-electron chi connectivity index (χ1n) is 9.79. The topological polar surface area (TPSA) is 47.6 Å². The van der Waals surface area contributed by atoms with Crippen molar-refractivity contribution in [3.63, 3.8) is 0 Å². The normalized spacial score (nSPS) is 34.7. The lowest BCUT2D eigenvalue weighted by atomic mass is 9.56. The van der Waals surface area contributed by atoms with Crippen LogP contribution in [0.25, 0.3) is 0 Å². The number of alkyl carbamates (subject to hydrolysis) is 1. The fourth-order valence-electron chi connectivity index (χ4n) is 4.49. The van der Waals surface area contributed by atoms with Crippen LogP contribution in [-0.2, 0) is 9.47 Å². The molecule has 1 aliphatic heterocycles. The van der Waals surface area contributed by atoms with Gasteiger partial charge in [0.1, 0.15) is 6.61 Å². The summed E-state index contributed by atoms with van der Waals surface area (Å²) in [5.41, 5.74) is 1.26. The van der Waals surface area contributed by atoms with Gasteiger partial charge in [0.25, 0.3) is 0 Å². The minimum Gasteiger partial charge on any atom is -0.449 e. The molecule has 2 rings (SSSR count). The lowest BCUT2D eigenvalue weighted by Crippen LogP contribution is -2.56.